The molecule has 192 valence electrons. The Morgan fingerprint density at radius 2 is 1.78 bits per heavy atom. The number of carbonyl (C=O) groups excluding carboxylic acids is 2. The largest absolute Gasteiger partial charge is 0.493 e. The van der Waals surface area contributed by atoms with E-state index in [1.807, 2.05) is 42.5 Å². The molecule has 0 saturated carbocycles. The highest BCUT2D eigenvalue weighted by Gasteiger charge is 2.22. The van der Waals surface area contributed by atoms with E-state index in [2.05, 4.69) is 15.3 Å². The van der Waals surface area contributed by atoms with E-state index in [4.69, 9.17) is 9.47 Å². The Balaban J connectivity index is 1.33. The highest BCUT2D eigenvalue weighted by Crippen LogP contribution is 2.29. The summed E-state index contributed by atoms with van der Waals surface area (Å²) < 4.78 is 10.7. The zero-order valence-corrected chi connectivity index (χ0v) is 20.9. The number of aliphatic hydroxyl groups is 1. The van der Waals surface area contributed by atoms with Crippen molar-refractivity contribution >= 4 is 23.2 Å². The third kappa shape index (κ3) is 6.61. The van der Waals surface area contributed by atoms with Crippen LogP contribution in [-0.2, 0) is 16.1 Å². The second kappa shape index (κ2) is 12.0. The lowest BCUT2D eigenvalue weighted by Crippen LogP contribution is -2.37. The zero-order valence-electron chi connectivity index (χ0n) is 20.9. The fraction of sp³-hybridized carbons (Fsp3) is 0.444. The van der Waals surface area contributed by atoms with Gasteiger partial charge in [0.2, 0.25) is 11.8 Å². The van der Waals surface area contributed by atoms with Gasteiger partial charge in [-0.2, -0.15) is 5.10 Å². The normalized spacial score (nSPS) is 17.0. The summed E-state index contributed by atoms with van der Waals surface area (Å²) in [6.07, 6.45) is 2.68. The number of methoxy groups -OCH3 is 2. The van der Waals surface area contributed by atoms with E-state index < -0.39 is 0 Å². The second-order valence-corrected chi connectivity index (χ2v) is 9.14. The Kier molecular flexibility index (Phi) is 8.56. The molecule has 2 aliphatic rings. The summed E-state index contributed by atoms with van der Waals surface area (Å²) in [6, 6.07) is 13.1. The van der Waals surface area contributed by atoms with Gasteiger partial charge in [-0.05, 0) is 48.7 Å². The molecule has 1 fully saturated rings. The van der Waals surface area contributed by atoms with Crippen LogP contribution in [0.2, 0.25) is 0 Å². The molecular weight excluding hydrogens is 460 g/mol. The average Bonchev–Trinajstić information content (AvgIpc) is 2.90. The van der Waals surface area contributed by atoms with Crippen molar-refractivity contribution in [3.05, 3.63) is 53.6 Å². The van der Waals surface area contributed by atoms with Gasteiger partial charge in [0, 0.05) is 50.1 Å². The maximum absolute atomic E-state index is 12.5. The standard InChI is InChI=1S/C27H34N4O5/c1-35-24-9-5-20(17-25(24)36-2)23-8-10-27(34)31(29-23)18-19-3-6-21(7-4-19)28-26(33)13-16-30-14-11-22(32)12-15-30/h3-7,9,17,22,32H,8,10-16,18H2,1-2H3,(H,28,33). The first kappa shape index (κ1) is 25.7. The number of hydrogen-bond acceptors (Lipinski definition) is 7. The first-order valence-corrected chi connectivity index (χ1v) is 12.3. The van der Waals surface area contributed by atoms with Gasteiger partial charge in [-0.25, -0.2) is 5.01 Å². The number of ether oxygens (including phenoxy) is 2. The molecule has 9 heteroatoms. The fourth-order valence-electron chi connectivity index (χ4n) is 4.44. The number of carbonyl (C=O) groups is 2. The van der Waals surface area contributed by atoms with Gasteiger partial charge in [-0.15, -0.1) is 0 Å². The summed E-state index contributed by atoms with van der Waals surface area (Å²) in [5.41, 5.74) is 3.36. The fourth-order valence-corrected chi connectivity index (χ4v) is 4.44. The molecule has 0 aromatic heterocycles. The number of nitrogens with zero attached hydrogens (tertiary/aromatic N) is 3. The summed E-state index contributed by atoms with van der Waals surface area (Å²) in [5, 5.41) is 18.6. The van der Waals surface area contributed by atoms with Crippen molar-refractivity contribution in [1.29, 1.82) is 0 Å². The summed E-state index contributed by atoms with van der Waals surface area (Å²) in [6.45, 7) is 2.70. The first-order chi connectivity index (χ1) is 17.4. The molecule has 0 radical (unpaired) electrons. The number of amides is 2. The van der Waals surface area contributed by atoms with Gasteiger partial charge in [0.15, 0.2) is 11.5 Å². The van der Waals surface area contributed by atoms with Crippen molar-refractivity contribution in [2.75, 3.05) is 39.2 Å². The Morgan fingerprint density at radius 3 is 2.47 bits per heavy atom. The van der Waals surface area contributed by atoms with Crippen LogP contribution < -0.4 is 14.8 Å². The zero-order chi connectivity index (χ0) is 25.5. The molecule has 0 bridgehead atoms. The van der Waals surface area contributed by atoms with Gasteiger partial charge < -0.3 is 24.8 Å². The van der Waals surface area contributed by atoms with Crippen molar-refractivity contribution in [1.82, 2.24) is 9.91 Å². The van der Waals surface area contributed by atoms with Gasteiger partial charge >= 0.3 is 0 Å². The van der Waals surface area contributed by atoms with Gasteiger partial charge in [-0.3, -0.25) is 9.59 Å². The molecule has 9 nitrogen and oxygen atoms in total. The lowest BCUT2D eigenvalue weighted by atomic mass is 10.0. The summed E-state index contributed by atoms with van der Waals surface area (Å²) in [7, 11) is 3.18. The number of rotatable bonds is 9. The number of benzene rings is 2. The summed E-state index contributed by atoms with van der Waals surface area (Å²) in [4.78, 5) is 27.1. The molecule has 2 N–H and O–H groups in total. The minimum Gasteiger partial charge on any atom is -0.493 e. The first-order valence-electron chi connectivity index (χ1n) is 12.3. The molecule has 0 atom stereocenters. The molecule has 0 aliphatic carbocycles. The maximum Gasteiger partial charge on any atom is 0.243 e. The van der Waals surface area contributed by atoms with Crippen LogP contribution in [0.4, 0.5) is 5.69 Å². The summed E-state index contributed by atoms with van der Waals surface area (Å²) >= 11 is 0. The van der Waals surface area contributed by atoms with Crippen LogP contribution in [0.3, 0.4) is 0 Å². The molecular formula is C27H34N4O5. The average molecular weight is 495 g/mol. The minimum absolute atomic E-state index is 0.0261. The molecule has 4 rings (SSSR count). The smallest absolute Gasteiger partial charge is 0.243 e. The van der Waals surface area contributed by atoms with E-state index in [-0.39, 0.29) is 17.9 Å². The molecule has 2 heterocycles. The van der Waals surface area contributed by atoms with Crippen molar-refractivity contribution < 1.29 is 24.2 Å². The lowest BCUT2D eigenvalue weighted by Gasteiger charge is -2.29. The quantitative estimate of drug-likeness (QED) is 0.556. The predicted molar refractivity (Wildman–Crippen MR) is 137 cm³/mol. The van der Waals surface area contributed by atoms with Crippen LogP contribution >= 0.6 is 0 Å². The number of aliphatic hydroxyl groups excluding tert-OH is 1. The lowest BCUT2D eigenvalue weighted by molar-refractivity contribution is -0.132. The molecule has 36 heavy (non-hydrogen) atoms. The van der Waals surface area contributed by atoms with Crippen LogP contribution in [0.5, 0.6) is 11.5 Å². The van der Waals surface area contributed by atoms with Crippen LogP contribution in [0.1, 0.15) is 43.2 Å². The van der Waals surface area contributed by atoms with E-state index in [1.54, 1.807) is 14.2 Å². The number of piperidine rings is 1. The number of nitrogens with one attached hydrogen (secondary N) is 1. The SMILES string of the molecule is COc1ccc(C2=NN(Cc3ccc(NC(=O)CCN4CCC(O)CC4)cc3)C(=O)CC2)cc1OC. The molecule has 2 aliphatic heterocycles. The van der Waals surface area contributed by atoms with Crippen molar-refractivity contribution in [2.24, 2.45) is 5.10 Å². The van der Waals surface area contributed by atoms with E-state index in [1.165, 1.54) is 5.01 Å². The minimum atomic E-state index is -0.211. The van der Waals surface area contributed by atoms with Crippen LogP contribution in [0.25, 0.3) is 0 Å². The highest BCUT2D eigenvalue weighted by atomic mass is 16.5. The number of hydrogen-bond donors (Lipinski definition) is 2. The van der Waals surface area contributed by atoms with Crippen LogP contribution in [0, 0.1) is 0 Å². The highest BCUT2D eigenvalue weighted by molar-refractivity contribution is 6.04. The van der Waals surface area contributed by atoms with E-state index >= 15 is 0 Å². The molecule has 0 unspecified atom stereocenters. The Bertz CT molecular complexity index is 1090. The van der Waals surface area contributed by atoms with Crippen LogP contribution in [-0.4, -0.2) is 72.5 Å². The topological polar surface area (TPSA) is 104 Å². The second-order valence-electron chi connectivity index (χ2n) is 9.14. The molecule has 2 amide bonds. The predicted octanol–water partition coefficient (Wildman–Crippen LogP) is 3.02. The molecule has 2 aromatic rings. The van der Waals surface area contributed by atoms with E-state index in [0.717, 1.165) is 48.5 Å². The van der Waals surface area contributed by atoms with Gasteiger partial charge in [0.1, 0.15) is 0 Å². The maximum atomic E-state index is 12.5. The van der Waals surface area contributed by atoms with Gasteiger partial charge in [0.05, 0.1) is 32.6 Å². The Hall–Kier alpha value is -3.43. The third-order valence-electron chi connectivity index (χ3n) is 6.60. The number of hydrazone groups is 1. The molecule has 1 saturated heterocycles. The van der Waals surface area contributed by atoms with Crippen LogP contribution in [0.15, 0.2) is 47.6 Å². The monoisotopic (exact) mass is 494 g/mol. The van der Waals surface area contributed by atoms with Gasteiger partial charge in [-0.1, -0.05) is 12.1 Å². The molecule has 2 aromatic carbocycles. The summed E-state index contributed by atoms with van der Waals surface area (Å²) in [5.74, 6) is 1.20. The van der Waals surface area contributed by atoms with Crippen molar-refractivity contribution in [2.45, 2.75) is 44.8 Å². The Morgan fingerprint density at radius 1 is 1.06 bits per heavy atom. The van der Waals surface area contributed by atoms with E-state index in [9.17, 15) is 14.7 Å². The number of likely N-dealkylation sites (tertiary alicyclic amines) is 1. The van der Waals surface area contributed by atoms with Gasteiger partial charge in [0.25, 0.3) is 0 Å². The Labute approximate surface area is 211 Å². The molecule has 0 spiro atoms. The third-order valence-corrected chi connectivity index (χ3v) is 6.60. The number of anilines is 1. The van der Waals surface area contributed by atoms with Crippen molar-refractivity contribution in [3.8, 4) is 11.5 Å². The van der Waals surface area contributed by atoms with Crippen molar-refractivity contribution in [3.63, 3.8) is 0 Å². The van der Waals surface area contributed by atoms with E-state index in [0.29, 0.717) is 43.9 Å².